The van der Waals surface area contributed by atoms with Crippen LogP contribution in [0.25, 0.3) is 0 Å². The zero-order valence-corrected chi connectivity index (χ0v) is 39.4. The van der Waals surface area contributed by atoms with Gasteiger partial charge in [0, 0.05) is 42.4 Å². The summed E-state index contributed by atoms with van der Waals surface area (Å²) < 4.78 is 29.8. The fourth-order valence-electron chi connectivity index (χ4n) is 8.69. The van der Waals surface area contributed by atoms with Crippen LogP contribution in [0.1, 0.15) is 105 Å². The molecule has 3 heterocycles. The van der Waals surface area contributed by atoms with Gasteiger partial charge in [0.15, 0.2) is 23.0 Å². The monoisotopic (exact) mass is 898 g/mol. The maximum atomic E-state index is 14.4. The quantitative estimate of drug-likeness (QED) is 0.0915. The second kappa shape index (κ2) is 20.7. The molecule has 0 aromatic heterocycles. The first-order valence-electron chi connectivity index (χ1n) is 22.2. The summed E-state index contributed by atoms with van der Waals surface area (Å²) in [5.74, 6) is 2.70. The predicted molar refractivity (Wildman–Crippen MR) is 254 cm³/mol. The standard InChI is InChI=1S/C49H62N4O8S2/c1-8-9-23-62-63-49(3,4)31-61-48(56)51-30-35-25-34-18-12-14-20-40(34)53(35)47(55)37-27-43(58-7)45(29-41(37)51)60-22-16-10-15-21-59-44-28-38(50-5)36(26-42(44)57-6)46(54)52-32(2)24-33-17-11-13-19-39(33)52/h12-14,18-20,26-29,32,35,50H,8-11,15-17,21-25,30-31H2,1-7H3/t32-,35?/m1/s1. The van der Waals surface area contributed by atoms with Crippen LogP contribution in [-0.4, -0.2) is 93.0 Å². The number of nitrogens with one attached hydrogen (secondary N) is 1. The highest BCUT2D eigenvalue weighted by Crippen LogP contribution is 2.44. The predicted octanol–water partition coefficient (Wildman–Crippen LogP) is 10.7. The van der Waals surface area contributed by atoms with Crippen LogP contribution in [0.3, 0.4) is 0 Å². The molecule has 0 radical (unpaired) electrons. The third kappa shape index (κ3) is 10.2. The van der Waals surface area contributed by atoms with Gasteiger partial charge in [-0.3, -0.25) is 14.5 Å². The lowest BCUT2D eigenvalue weighted by molar-refractivity contribution is 0.0782. The summed E-state index contributed by atoms with van der Waals surface area (Å²) in [4.78, 5) is 47.8. The smallest absolute Gasteiger partial charge is 0.414 e. The maximum Gasteiger partial charge on any atom is 0.414 e. The van der Waals surface area contributed by atoms with Crippen molar-refractivity contribution in [1.29, 1.82) is 0 Å². The molecule has 0 bridgehead atoms. The number of para-hydroxylation sites is 1. The number of nitrogens with zero attached hydrogens (tertiary/aromatic N) is 3. The number of unbranched alkanes of at least 4 members (excludes halogenated alkanes) is 3. The van der Waals surface area contributed by atoms with E-state index in [1.165, 1.54) is 5.57 Å². The molecule has 0 saturated heterocycles. The van der Waals surface area contributed by atoms with Crippen LogP contribution in [-0.2, 0) is 11.2 Å². The highest BCUT2D eigenvalue weighted by molar-refractivity contribution is 8.77. The molecule has 3 aliphatic heterocycles. The number of methoxy groups -OCH3 is 2. The number of carbonyl (C=O) groups excluding carboxylic acids is 3. The van der Waals surface area contributed by atoms with Crippen molar-refractivity contribution >= 4 is 56.6 Å². The van der Waals surface area contributed by atoms with Crippen molar-refractivity contribution in [1.82, 2.24) is 4.90 Å². The number of hydrogen-bond acceptors (Lipinski definition) is 11. The van der Waals surface area contributed by atoms with E-state index >= 15 is 0 Å². The van der Waals surface area contributed by atoms with Crippen LogP contribution in [0.5, 0.6) is 23.0 Å². The SMILES string of the molecule is CCCCSSC(C)(C)COC(=O)N1CC2Cc3ccccc3N2C(=O)c2cc(OC)c(OCCCCCOc3cc(NC)c(C(=O)N4C5=C(CCC=C5)C[C@H]4C)cc3OC)cc21. The van der Waals surface area contributed by atoms with Crippen molar-refractivity contribution in [3.05, 3.63) is 88.6 Å². The second-order valence-electron chi connectivity index (χ2n) is 17.1. The first-order valence-corrected chi connectivity index (χ1v) is 24.6. The fraction of sp³-hybridized carbons (Fsp3) is 0.490. The molecule has 3 aromatic rings. The summed E-state index contributed by atoms with van der Waals surface area (Å²) in [7, 11) is 8.47. The third-order valence-electron chi connectivity index (χ3n) is 11.9. The first kappa shape index (κ1) is 46.1. The summed E-state index contributed by atoms with van der Waals surface area (Å²) in [6.45, 7) is 9.74. The molecule has 0 saturated carbocycles. The van der Waals surface area contributed by atoms with E-state index < -0.39 is 6.09 Å². The van der Waals surface area contributed by atoms with Crippen LogP contribution in [0.4, 0.5) is 21.9 Å². The van der Waals surface area contributed by atoms with Gasteiger partial charge in [0.05, 0.1) is 67.3 Å². The number of fused-ring (bicyclic) bond motifs is 4. The van der Waals surface area contributed by atoms with Crippen molar-refractivity contribution < 1.29 is 38.1 Å². The van der Waals surface area contributed by atoms with E-state index in [4.69, 9.17) is 23.7 Å². The summed E-state index contributed by atoms with van der Waals surface area (Å²) in [6, 6.07) is 14.8. The lowest BCUT2D eigenvalue weighted by atomic mass is 10.0. The van der Waals surface area contributed by atoms with E-state index in [1.807, 2.05) is 40.1 Å². The number of hydrogen-bond donors (Lipinski definition) is 1. The van der Waals surface area contributed by atoms with Crippen LogP contribution >= 0.6 is 21.6 Å². The van der Waals surface area contributed by atoms with Crippen molar-refractivity contribution in [2.24, 2.45) is 0 Å². The van der Waals surface area contributed by atoms with Crippen LogP contribution < -0.4 is 34.1 Å². The normalized spacial score (nSPS) is 17.8. The van der Waals surface area contributed by atoms with Gasteiger partial charge in [0.2, 0.25) is 0 Å². The van der Waals surface area contributed by atoms with Gasteiger partial charge in [-0.25, -0.2) is 4.79 Å². The molecule has 0 spiro atoms. The molecule has 3 aromatic carbocycles. The molecule has 63 heavy (non-hydrogen) atoms. The van der Waals surface area contributed by atoms with E-state index in [1.54, 1.807) is 66.0 Å². The van der Waals surface area contributed by atoms with Crippen LogP contribution in [0.2, 0.25) is 0 Å². The van der Waals surface area contributed by atoms with E-state index in [0.717, 1.165) is 74.1 Å². The van der Waals surface area contributed by atoms with Gasteiger partial charge in [-0.2, -0.15) is 0 Å². The van der Waals surface area contributed by atoms with Gasteiger partial charge >= 0.3 is 6.09 Å². The van der Waals surface area contributed by atoms with Crippen molar-refractivity contribution in [3.8, 4) is 23.0 Å². The minimum Gasteiger partial charge on any atom is -0.493 e. The van der Waals surface area contributed by atoms with E-state index in [9.17, 15) is 14.4 Å². The van der Waals surface area contributed by atoms with Gasteiger partial charge in [0.25, 0.3) is 11.8 Å². The Labute approximate surface area is 380 Å². The van der Waals surface area contributed by atoms with Gasteiger partial charge in [-0.05, 0) is 108 Å². The average molecular weight is 899 g/mol. The molecule has 2 atom stereocenters. The lowest BCUT2D eigenvalue weighted by Gasteiger charge is -2.28. The first-order chi connectivity index (χ1) is 30.5. The van der Waals surface area contributed by atoms with E-state index in [-0.39, 0.29) is 41.8 Å². The van der Waals surface area contributed by atoms with Crippen LogP contribution in [0, 0.1) is 0 Å². The van der Waals surface area contributed by atoms with E-state index in [0.29, 0.717) is 65.1 Å². The Bertz CT molecular complexity index is 2230. The number of benzene rings is 3. The largest absolute Gasteiger partial charge is 0.493 e. The topological polar surface area (TPSA) is 119 Å². The van der Waals surface area contributed by atoms with Gasteiger partial charge in [-0.15, -0.1) is 0 Å². The number of allylic oxidation sites excluding steroid dienone is 2. The minimum absolute atomic E-state index is 0.0595. The Morgan fingerprint density at radius 2 is 1.63 bits per heavy atom. The molecule has 3 amide bonds. The zero-order chi connectivity index (χ0) is 44.7. The van der Waals surface area contributed by atoms with Crippen LogP contribution in [0.15, 0.2) is 72.0 Å². The lowest BCUT2D eigenvalue weighted by Crippen LogP contribution is -2.44. The molecular formula is C49H62N4O8S2. The molecule has 14 heteroatoms. The summed E-state index contributed by atoms with van der Waals surface area (Å²) in [6.07, 6.45) is 11.8. The highest BCUT2D eigenvalue weighted by atomic mass is 33.1. The maximum absolute atomic E-state index is 14.4. The number of amides is 3. The summed E-state index contributed by atoms with van der Waals surface area (Å²) >= 11 is 0. The van der Waals surface area contributed by atoms with Crippen molar-refractivity contribution in [2.45, 2.75) is 102 Å². The minimum atomic E-state index is -0.501. The van der Waals surface area contributed by atoms with Gasteiger partial charge in [-0.1, -0.05) is 59.2 Å². The highest BCUT2D eigenvalue weighted by Gasteiger charge is 2.42. The molecule has 12 nitrogen and oxygen atoms in total. The molecule has 7 rings (SSSR count). The summed E-state index contributed by atoms with van der Waals surface area (Å²) in [5, 5.41) is 3.20. The number of rotatable bonds is 19. The fourth-order valence-corrected chi connectivity index (χ4v) is 11.3. The van der Waals surface area contributed by atoms with E-state index in [2.05, 4.69) is 45.2 Å². The second-order valence-corrected chi connectivity index (χ2v) is 20.2. The Balaban J connectivity index is 0.996. The Morgan fingerprint density at radius 3 is 2.37 bits per heavy atom. The molecule has 1 unspecified atom stereocenters. The van der Waals surface area contributed by atoms with Gasteiger partial charge in [0.1, 0.15) is 6.61 Å². The van der Waals surface area contributed by atoms with Crippen molar-refractivity contribution in [2.75, 3.05) is 68.5 Å². The Kier molecular flexibility index (Phi) is 15.1. The number of anilines is 3. The third-order valence-corrected chi connectivity index (χ3v) is 15.3. The molecular weight excluding hydrogens is 837 g/mol. The molecule has 1 N–H and O–H groups in total. The summed E-state index contributed by atoms with van der Waals surface area (Å²) in [5.41, 5.74) is 6.29. The number of ether oxygens (including phenoxy) is 5. The average Bonchev–Trinajstić information content (AvgIpc) is 3.80. The molecule has 338 valence electrons. The zero-order valence-electron chi connectivity index (χ0n) is 37.8. The van der Waals surface area contributed by atoms with Crippen molar-refractivity contribution in [3.63, 3.8) is 0 Å². The van der Waals surface area contributed by atoms with Gasteiger partial charge < -0.3 is 38.8 Å². The number of carbonyl (C=O) groups is 3. The Morgan fingerprint density at radius 1 is 0.905 bits per heavy atom. The molecule has 4 aliphatic rings. The molecule has 1 aliphatic carbocycles. The Hall–Kier alpha value is -4.95. The molecule has 0 fully saturated rings.